The lowest BCUT2D eigenvalue weighted by atomic mass is 10.2. The van der Waals surface area contributed by atoms with Crippen LogP contribution in [0.1, 0.15) is 23.7 Å². The number of hydrogen-bond donors (Lipinski definition) is 1. The number of hydrogen-bond acceptors (Lipinski definition) is 6. The number of nitrogens with zero attached hydrogens (tertiary/aromatic N) is 1. The molecule has 1 unspecified atom stereocenters. The fourth-order valence-corrected chi connectivity index (χ4v) is 3.02. The number of para-hydroxylation sites is 2. The maximum absolute atomic E-state index is 12.6. The van der Waals surface area contributed by atoms with Crippen LogP contribution in [0.5, 0.6) is 11.5 Å². The molecule has 1 N–H and O–H groups in total. The van der Waals surface area contributed by atoms with Gasteiger partial charge in [0.2, 0.25) is 0 Å². The highest BCUT2D eigenvalue weighted by Gasteiger charge is 2.24. The number of benzene rings is 3. The molecule has 31 heavy (non-hydrogen) atoms. The summed E-state index contributed by atoms with van der Waals surface area (Å²) in [7, 11) is 0. The molecule has 4 aromatic rings. The van der Waals surface area contributed by atoms with E-state index in [0.717, 1.165) is 5.75 Å². The summed E-state index contributed by atoms with van der Waals surface area (Å²) in [6, 6.07) is 21.3. The highest BCUT2D eigenvalue weighted by molar-refractivity contribution is 6.03. The molecular weight excluding hydrogens is 396 g/mol. The van der Waals surface area contributed by atoms with E-state index >= 15 is 0 Å². The zero-order valence-corrected chi connectivity index (χ0v) is 16.8. The molecule has 0 saturated carbocycles. The highest BCUT2D eigenvalue weighted by Crippen LogP contribution is 2.23. The van der Waals surface area contributed by atoms with Crippen molar-refractivity contribution in [1.29, 1.82) is 0 Å². The summed E-state index contributed by atoms with van der Waals surface area (Å²) in [5.74, 6) is 0.316. The number of ether oxygens (including phenoxy) is 2. The minimum absolute atomic E-state index is 0.250. The van der Waals surface area contributed by atoms with Crippen molar-refractivity contribution in [2.75, 3.05) is 5.32 Å². The van der Waals surface area contributed by atoms with Crippen LogP contribution in [0.15, 0.2) is 83.6 Å². The van der Waals surface area contributed by atoms with Gasteiger partial charge in [-0.3, -0.25) is 4.79 Å². The maximum Gasteiger partial charge on any atom is 0.341 e. The zero-order chi connectivity index (χ0) is 21.6. The number of carbonyl (C=O) groups excluding carboxylic acids is 2. The van der Waals surface area contributed by atoms with Gasteiger partial charge in [0.15, 0.2) is 18.1 Å². The van der Waals surface area contributed by atoms with Crippen LogP contribution < -0.4 is 10.1 Å². The third-order valence-corrected chi connectivity index (χ3v) is 4.59. The number of rotatable bonds is 7. The van der Waals surface area contributed by atoms with Gasteiger partial charge in [-0.1, -0.05) is 31.2 Å². The zero-order valence-electron chi connectivity index (χ0n) is 16.8. The molecule has 0 fully saturated rings. The molecule has 1 heterocycles. The van der Waals surface area contributed by atoms with E-state index in [4.69, 9.17) is 13.9 Å². The Balaban J connectivity index is 1.39. The number of nitrogens with one attached hydrogen (secondary N) is 1. The van der Waals surface area contributed by atoms with Crippen molar-refractivity contribution in [2.45, 2.75) is 19.4 Å². The number of anilines is 1. The van der Waals surface area contributed by atoms with Gasteiger partial charge in [0, 0.05) is 5.69 Å². The molecule has 7 nitrogen and oxygen atoms in total. The average Bonchev–Trinajstić information content (AvgIpc) is 3.28. The normalized spacial score (nSPS) is 11.6. The highest BCUT2D eigenvalue weighted by atomic mass is 16.5. The number of oxazole rings is 1. The van der Waals surface area contributed by atoms with Gasteiger partial charge in [-0.05, 0) is 55.0 Å². The largest absolute Gasteiger partial charge is 0.457 e. The molecule has 0 aliphatic rings. The molecule has 0 bridgehead atoms. The van der Waals surface area contributed by atoms with Crippen LogP contribution in [0.4, 0.5) is 5.69 Å². The first-order chi connectivity index (χ1) is 15.1. The Bertz CT molecular complexity index is 1190. The van der Waals surface area contributed by atoms with E-state index in [-0.39, 0.29) is 5.56 Å². The molecule has 4 rings (SSSR count). The summed E-state index contributed by atoms with van der Waals surface area (Å²) >= 11 is 0. The fraction of sp³-hybridized carbons (Fsp3) is 0.125. The number of esters is 1. The average molecular weight is 416 g/mol. The lowest BCUT2D eigenvalue weighted by molar-refractivity contribution is -0.124. The Morgan fingerprint density at radius 2 is 1.71 bits per heavy atom. The van der Waals surface area contributed by atoms with E-state index in [9.17, 15) is 9.59 Å². The van der Waals surface area contributed by atoms with Gasteiger partial charge >= 0.3 is 5.97 Å². The van der Waals surface area contributed by atoms with Gasteiger partial charge in [-0.15, -0.1) is 0 Å². The van der Waals surface area contributed by atoms with Gasteiger partial charge < -0.3 is 19.2 Å². The Labute approximate surface area is 178 Å². The molecule has 3 aromatic carbocycles. The second-order valence-corrected chi connectivity index (χ2v) is 6.74. The molecule has 1 amide bonds. The molecular formula is C24H20N2O5. The SMILES string of the molecule is CCC(OC(=O)c1cccc2ocnc12)C(=O)Nc1ccc(Oc2ccccc2)cc1. The molecule has 156 valence electrons. The van der Waals surface area contributed by atoms with E-state index in [1.165, 1.54) is 6.39 Å². The second-order valence-electron chi connectivity index (χ2n) is 6.74. The van der Waals surface area contributed by atoms with Crippen molar-refractivity contribution in [1.82, 2.24) is 4.98 Å². The first-order valence-corrected chi connectivity index (χ1v) is 9.81. The van der Waals surface area contributed by atoms with Gasteiger partial charge in [-0.25, -0.2) is 9.78 Å². The minimum Gasteiger partial charge on any atom is -0.457 e. The van der Waals surface area contributed by atoms with E-state index in [2.05, 4.69) is 10.3 Å². The minimum atomic E-state index is -0.949. The summed E-state index contributed by atoms with van der Waals surface area (Å²) in [6.45, 7) is 1.77. The second kappa shape index (κ2) is 9.13. The van der Waals surface area contributed by atoms with Gasteiger partial charge in [0.1, 0.15) is 17.0 Å². The van der Waals surface area contributed by atoms with Crippen molar-refractivity contribution >= 4 is 28.7 Å². The van der Waals surface area contributed by atoms with Crippen LogP contribution >= 0.6 is 0 Å². The van der Waals surface area contributed by atoms with Gasteiger partial charge in [0.25, 0.3) is 5.91 Å². The predicted octanol–water partition coefficient (Wildman–Crippen LogP) is 5.19. The summed E-state index contributed by atoms with van der Waals surface area (Å²) < 4.78 is 16.4. The van der Waals surface area contributed by atoms with E-state index < -0.39 is 18.0 Å². The van der Waals surface area contributed by atoms with Crippen LogP contribution in [0, 0.1) is 0 Å². The van der Waals surface area contributed by atoms with E-state index in [1.807, 2.05) is 30.3 Å². The summed E-state index contributed by atoms with van der Waals surface area (Å²) in [5, 5.41) is 2.77. The molecule has 1 aromatic heterocycles. The van der Waals surface area contributed by atoms with Crippen molar-refractivity contribution in [3.05, 3.63) is 84.8 Å². The topological polar surface area (TPSA) is 90.7 Å². The Hall–Kier alpha value is -4.13. The van der Waals surface area contributed by atoms with Gasteiger partial charge in [0.05, 0.1) is 5.56 Å². The van der Waals surface area contributed by atoms with Crippen LogP contribution in [-0.4, -0.2) is 23.0 Å². The molecule has 0 aliphatic carbocycles. The Morgan fingerprint density at radius 1 is 0.968 bits per heavy atom. The van der Waals surface area contributed by atoms with Crippen molar-refractivity contribution < 1.29 is 23.5 Å². The van der Waals surface area contributed by atoms with E-state index in [0.29, 0.717) is 29.0 Å². The van der Waals surface area contributed by atoms with Crippen molar-refractivity contribution in [2.24, 2.45) is 0 Å². The Morgan fingerprint density at radius 3 is 2.45 bits per heavy atom. The van der Waals surface area contributed by atoms with E-state index in [1.54, 1.807) is 49.4 Å². The molecule has 0 saturated heterocycles. The monoisotopic (exact) mass is 416 g/mol. The number of fused-ring (bicyclic) bond motifs is 1. The quantitative estimate of drug-likeness (QED) is 0.417. The molecule has 0 aliphatic heterocycles. The molecule has 0 spiro atoms. The molecule has 7 heteroatoms. The third-order valence-electron chi connectivity index (χ3n) is 4.59. The smallest absolute Gasteiger partial charge is 0.341 e. The first kappa shape index (κ1) is 20.2. The van der Waals surface area contributed by atoms with Crippen LogP contribution in [-0.2, 0) is 9.53 Å². The molecule has 0 radical (unpaired) electrons. The fourth-order valence-electron chi connectivity index (χ4n) is 3.02. The standard InChI is InChI=1S/C24H20N2O5/c1-2-20(31-24(28)19-9-6-10-21-22(19)25-15-29-21)23(27)26-16-11-13-18(14-12-16)30-17-7-4-3-5-8-17/h3-15,20H,2H2,1H3,(H,26,27). The predicted molar refractivity (Wildman–Crippen MR) is 115 cm³/mol. The summed E-state index contributed by atoms with van der Waals surface area (Å²) in [5.41, 5.74) is 1.69. The maximum atomic E-state index is 12.6. The lowest BCUT2D eigenvalue weighted by Gasteiger charge is -2.16. The molecule has 1 atom stereocenters. The summed E-state index contributed by atoms with van der Waals surface area (Å²) in [4.78, 5) is 29.3. The number of aromatic nitrogens is 1. The first-order valence-electron chi connectivity index (χ1n) is 9.81. The number of carbonyl (C=O) groups is 2. The van der Waals surface area contributed by atoms with Crippen LogP contribution in [0.2, 0.25) is 0 Å². The van der Waals surface area contributed by atoms with Crippen molar-refractivity contribution in [3.8, 4) is 11.5 Å². The van der Waals surface area contributed by atoms with Crippen LogP contribution in [0.3, 0.4) is 0 Å². The number of amides is 1. The lowest BCUT2D eigenvalue weighted by Crippen LogP contribution is -2.32. The third kappa shape index (κ3) is 4.72. The Kier molecular flexibility index (Phi) is 5.93. The summed E-state index contributed by atoms with van der Waals surface area (Å²) in [6.07, 6.45) is 0.632. The van der Waals surface area contributed by atoms with Crippen molar-refractivity contribution in [3.63, 3.8) is 0 Å². The van der Waals surface area contributed by atoms with Gasteiger partial charge in [-0.2, -0.15) is 0 Å². The van der Waals surface area contributed by atoms with Crippen LogP contribution in [0.25, 0.3) is 11.1 Å².